The highest BCUT2D eigenvalue weighted by Gasteiger charge is 2.43. The van der Waals surface area contributed by atoms with Crippen molar-refractivity contribution >= 4 is 23.3 Å². The summed E-state index contributed by atoms with van der Waals surface area (Å²) in [4.78, 5) is 16.5. The van der Waals surface area contributed by atoms with Gasteiger partial charge in [0.2, 0.25) is 0 Å². The predicted molar refractivity (Wildman–Crippen MR) is 91.4 cm³/mol. The zero-order valence-electron chi connectivity index (χ0n) is 13.9. The topological polar surface area (TPSA) is 23.6 Å². The third-order valence-corrected chi connectivity index (χ3v) is 5.50. The van der Waals surface area contributed by atoms with Gasteiger partial charge >= 0.3 is 6.03 Å². The molecule has 0 radical (unpaired) electrons. The highest BCUT2D eigenvalue weighted by atomic mass is 35.5. The van der Waals surface area contributed by atoms with Gasteiger partial charge < -0.3 is 4.90 Å². The van der Waals surface area contributed by atoms with E-state index < -0.39 is 5.82 Å². The number of benzene rings is 1. The average molecular weight is 339 g/mol. The first-order chi connectivity index (χ1) is 10.9. The first kappa shape index (κ1) is 16.6. The minimum Gasteiger partial charge on any atom is -0.318 e. The molecule has 2 saturated heterocycles. The van der Waals surface area contributed by atoms with Gasteiger partial charge in [-0.05, 0) is 55.7 Å². The molecule has 0 N–H and O–H groups in total. The fourth-order valence-electron chi connectivity index (χ4n) is 4.34. The van der Waals surface area contributed by atoms with Crippen LogP contribution in [-0.4, -0.2) is 30.1 Å². The molecule has 2 aliphatic heterocycles. The number of anilines is 1. The number of urea groups is 1. The maximum Gasteiger partial charge on any atom is 0.324 e. The summed E-state index contributed by atoms with van der Waals surface area (Å²) < 4.78 is 14.1. The SMILES string of the molecule is CC1CC2CC(C)CC(C1)N2C(=O)N(C)c1ccc(Cl)cc1F. The minimum atomic E-state index is -0.461. The number of amides is 2. The van der Waals surface area contributed by atoms with Crippen molar-refractivity contribution in [3.05, 3.63) is 29.0 Å². The summed E-state index contributed by atoms with van der Waals surface area (Å²) in [5.74, 6) is 0.843. The zero-order valence-corrected chi connectivity index (χ0v) is 14.7. The summed E-state index contributed by atoms with van der Waals surface area (Å²) in [6.45, 7) is 4.53. The summed E-state index contributed by atoms with van der Waals surface area (Å²) >= 11 is 5.81. The maximum absolute atomic E-state index is 14.1. The van der Waals surface area contributed by atoms with Gasteiger partial charge in [0, 0.05) is 24.2 Å². The van der Waals surface area contributed by atoms with Crippen molar-refractivity contribution in [2.24, 2.45) is 11.8 Å². The molecular weight excluding hydrogens is 315 g/mol. The van der Waals surface area contributed by atoms with Gasteiger partial charge in [0.15, 0.2) is 0 Å². The van der Waals surface area contributed by atoms with Gasteiger partial charge in [-0.15, -0.1) is 0 Å². The van der Waals surface area contributed by atoms with Crippen LogP contribution in [0.4, 0.5) is 14.9 Å². The number of piperidine rings is 2. The van der Waals surface area contributed by atoms with Crippen molar-refractivity contribution < 1.29 is 9.18 Å². The average Bonchev–Trinajstić information content (AvgIpc) is 2.44. The molecule has 0 spiro atoms. The summed E-state index contributed by atoms with van der Waals surface area (Å²) in [6, 6.07) is 4.89. The number of hydrogen-bond acceptors (Lipinski definition) is 1. The van der Waals surface area contributed by atoms with Gasteiger partial charge in [-0.2, -0.15) is 0 Å². The molecule has 2 heterocycles. The molecule has 5 heteroatoms. The number of carbonyl (C=O) groups excluding carboxylic acids is 1. The lowest BCUT2D eigenvalue weighted by Crippen LogP contribution is -2.59. The van der Waals surface area contributed by atoms with Crippen molar-refractivity contribution in [1.29, 1.82) is 0 Å². The van der Waals surface area contributed by atoms with E-state index in [0.29, 0.717) is 16.9 Å². The Morgan fingerprint density at radius 2 is 1.70 bits per heavy atom. The Hall–Kier alpha value is -1.29. The van der Waals surface area contributed by atoms with E-state index in [1.165, 1.54) is 11.0 Å². The highest BCUT2D eigenvalue weighted by Crippen LogP contribution is 2.40. The first-order valence-electron chi connectivity index (χ1n) is 8.38. The molecule has 126 valence electrons. The van der Waals surface area contributed by atoms with Crippen LogP contribution in [0, 0.1) is 17.7 Å². The third kappa shape index (κ3) is 3.18. The van der Waals surface area contributed by atoms with Crippen molar-refractivity contribution in [3.63, 3.8) is 0 Å². The monoisotopic (exact) mass is 338 g/mol. The van der Waals surface area contributed by atoms with Gasteiger partial charge in [0.1, 0.15) is 5.82 Å². The molecule has 0 saturated carbocycles. The van der Waals surface area contributed by atoms with E-state index in [4.69, 9.17) is 11.6 Å². The molecule has 1 aromatic rings. The number of nitrogens with zero attached hydrogens (tertiary/aromatic N) is 2. The molecule has 0 aromatic heterocycles. The smallest absolute Gasteiger partial charge is 0.318 e. The van der Waals surface area contributed by atoms with E-state index in [1.54, 1.807) is 19.2 Å². The Bertz CT molecular complexity index is 579. The molecule has 2 amide bonds. The molecule has 2 aliphatic rings. The van der Waals surface area contributed by atoms with Crippen LogP contribution < -0.4 is 4.90 Å². The molecule has 0 unspecified atom stereocenters. The molecule has 2 fully saturated rings. The highest BCUT2D eigenvalue weighted by molar-refractivity contribution is 6.30. The molecular formula is C18H24ClFN2O. The fourth-order valence-corrected chi connectivity index (χ4v) is 4.50. The normalized spacial score (nSPS) is 30.2. The van der Waals surface area contributed by atoms with E-state index in [1.807, 2.05) is 4.90 Å². The molecule has 3 rings (SSSR count). The molecule has 1 aromatic carbocycles. The van der Waals surface area contributed by atoms with E-state index in [2.05, 4.69) is 13.8 Å². The van der Waals surface area contributed by atoms with Crippen molar-refractivity contribution in [2.75, 3.05) is 11.9 Å². The molecule has 0 aliphatic carbocycles. The Morgan fingerprint density at radius 1 is 1.17 bits per heavy atom. The second-order valence-electron chi connectivity index (χ2n) is 7.31. The number of fused-ring (bicyclic) bond motifs is 2. The van der Waals surface area contributed by atoms with Crippen LogP contribution in [0.15, 0.2) is 18.2 Å². The van der Waals surface area contributed by atoms with E-state index in [-0.39, 0.29) is 23.8 Å². The lowest BCUT2D eigenvalue weighted by Gasteiger charge is -2.51. The van der Waals surface area contributed by atoms with E-state index in [9.17, 15) is 9.18 Å². The summed E-state index contributed by atoms with van der Waals surface area (Å²) in [7, 11) is 1.64. The lowest BCUT2D eigenvalue weighted by molar-refractivity contribution is 0.0313. The van der Waals surface area contributed by atoms with Crippen LogP contribution in [-0.2, 0) is 0 Å². The predicted octanol–water partition coefficient (Wildman–Crippen LogP) is 4.93. The van der Waals surface area contributed by atoms with Crippen molar-refractivity contribution in [2.45, 2.75) is 51.6 Å². The molecule has 23 heavy (non-hydrogen) atoms. The molecule has 0 atom stereocenters. The van der Waals surface area contributed by atoms with Gasteiger partial charge in [-0.25, -0.2) is 9.18 Å². The van der Waals surface area contributed by atoms with Crippen LogP contribution in [0.1, 0.15) is 39.5 Å². The standard InChI is InChI=1S/C18H24ClFN2O/c1-11-6-14-8-12(2)9-15(7-11)22(14)18(23)21(3)17-5-4-13(19)10-16(17)20/h4-5,10-12,14-15H,6-9H2,1-3H3. The second kappa shape index (κ2) is 6.31. The van der Waals surface area contributed by atoms with Gasteiger partial charge in [-0.1, -0.05) is 25.4 Å². The number of halogens is 2. The summed E-state index contributed by atoms with van der Waals surface area (Å²) in [6.07, 6.45) is 4.18. The van der Waals surface area contributed by atoms with Gasteiger partial charge in [0.25, 0.3) is 0 Å². The summed E-state index contributed by atoms with van der Waals surface area (Å²) in [5, 5.41) is 0.338. The number of hydrogen-bond donors (Lipinski definition) is 0. The molecule has 3 nitrogen and oxygen atoms in total. The first-order valence-corrected chi connectivity index (χ1v) is 8.75. The Balaban J connectivity index is 1.84. The van der Waals surface area contributed by atoms with Crippen molar-refractivity contribution in [1.82, 2.24) is 4.90 Å². The van der Waals surface area contributed by atoms with Crippen LogP contribution in [0.5, 0.6) is 0 Å². The fraction of sp³-hybridized carbons (Fsp3) is 0.611. The van der Waals surface area contributed by atoms with E-state index >= 15 is 0 Å². The quantitative estimate of drug-likeness (QED) is 0.711. The number of rotatable bonds is 1. The molecule has 2 bridgehead atoms. The Kier molecular flexibility index (Phi) is 4.54. The van der Waals surface area contributed by atoms with Gasteiger partial charge in [0.05, 0.1) is 5.69 Å². The summed E-state index contributed by atoms with van der Waals surface area (Å²) in [5.41, 5.74) is 0.282. The largest absolute Gasteiger partial charge is 0.324 e. The van der Waals surface area contributed by atoms with Crippen LogP contribution in [0.2, 0.25) is 5.02 Å². The Morgan fingerprint density at radius 3 is 2.17 bits per heavy atom. The van der Waals surface area contributed by atoms with Crippen LogP contribution >= 0.6 is 11.6 Å². The van der Waals surface area contributed by atoms with Crippen LogP contribution in [0.3, 0.4) is 0 Å². The van der Waals surface area contributed by atoms with Crippen molar-refractivity contribution in [3.8, 4) is 0 Å². The van der Waals surface area contributed by atoms with Gasteiger partial charge in [-0.3, -0.25) is 4.90 Å². The van der Waals surface area contributed by atoms with E-state index in [0.717, 1.165) is 25.7 Å². The second-order valence-corrected chi connectivity index (χ2v) is 7.74. The Labute approximate surface area is 142 Å². The third-order valence-electron chi connectivity index (χ3n) is 5.26. The lowest BCUT2D eigenvalue weighted by atomic mass is 9.75. The number of carbonyl (C=O) groups is 1. The minimum absolute atomic E-state index is 0.0972. The van der Waals surface area contributed by atoms with Crippen LogP contribution in [0.25, 0.3) is 0 Å². The maximum atomic E-state index is 14.1. The zero-order chi connectivity index (χ0) is 16.7.